The van der Waals surface area contributed by atoms with Gasteiger partial charge in [0.05, 0.1) is 0 Å². The molecule has 1 unspecified atom stereocenters. The highest BCUT2D eigenvalue weighted by Crippen LogP contribution is 2.12. The summed E-state index contributed by atoms with van der Waals surface area (Å²) in [5.41, 5.74) is 1.25. The first kappa shape index (κ1) is 16.0. The quantitative estimate of drug-likeness (QED) is 0.903. The SMILES string of the molecule is CC(C)CC1CN(C(=O)CCc2ccccc2)CCCN1. The first-order chi connectivity index (χ1) is 10.1. The summed E-state index contributed by atoms with van der Waals surface area (Å²) in [4.78, 5) is 14.5. The van der Waals surface area contributed by atoms with E-state index in [1.165, 1.54) is 5.56 Å². The van der Waals surface area contributed by atoms with Crippen LogP contribution in [0.5, 0.6) is 0 Å². The molecule has 116 valence electrons. The first-order valence-electron chi connectivity index (χ1n) is 8.20. The van der Waals surface area contributed by atoms with E-state index in [-0.39, 0.29) is 0 Å². The highest BCUT2D eigenvalue weighted by Gasteiger charge is 2.21. The Balaban J connectivity index is 1.85. The molecule has 3 nitrogen and oxygen atoms in total. The van der Waals surface area contributed by atoms with Crippen LogP contribution in [0.15, 0.2) is 30.3 Å². The van der Waals surface area contributed by atoms with Crippen molar-refractivity contribution in [2.24, 2.45) is 5.92 Å². The van der Waals surface area contributed by atoms with Crippen molar-refractivity contribution in [3.05, 3.63) is 35.9 Å². The zero-order valence-corrected chi connectivity index (χ0v) is 13.3. The van der Waals surface area contributed by atoms with Crippen molar-refractivity contribution in [3.8, 4) is 0 Å². The van der Waals surface area contributed by atoms with E-state index in [9.17, 15) is 4.79 Å². The maximum absolute atomic E-state index is 12.5. The van der Waals surface area contributed by atoms with Gasteiger partial charge in [-0.1, -0.05) is 44.2 Å². The molecule has 0 aliphatic carbocycles. The van der Waals surface area contributed by atoms with Crippen LogP contribution < -0.4 is 5.32 Å². The van der Waals surface area contributed by atoms with Gasteiger partial charge >= 0.3 is 0 Å². The monoisotopic (exact) mass is 288 g/mol. The van der Waals surface area contributed by atoms with Crippen LogP contribution in [-0.4, -0.2) is 36.5 Å². The largest absolute Gasteiger partial charge is 0.341 e. The molecule has 1 heterocycles. The van der Waals surface area contributed by atoms with Crippen molar-refractivity contribution in [1.82, 2.24) is 10.2 Å². The highest BCUT2D eigenvalue weighted by atomic mass is 16.2. The number of carbonyl (C=O) groups excluding carboxylic acids is 1. The molecule has 0 bridgehead atoms. The van der Waals surface area contributed by atoms with Gasteiger partial charge in [0.25, 0.3) is 0 Å². The van der Waals surface area contributed by atoms with E-state index in [0.717, 1.165) is 38.9 Å². The van der Waals surface area contributed by atoms with Gasteiger partial charge in [0.1, 0.15) is 0 Å². The van der Waals surface area contributed by atoms with Crippen molar-refractivity contribution >= 4 is 5.91 Å². The fourth-order valence-electron chi connectivity index (χ4n) is 3.01. The number of hydrogen-bond acceptors (Lipinski definition) is 2. The fourth-order valence-corrected chi connectivity index (χ4v) is 3.01. The van der Waals surface area contributed by atoms with Crippen LogP contribution in [0.3, 0.4) is 0 Å². The summed E-state index contributed by atoms with van der Waals surface area (Å²) >= 11 is 0. The number of nitrogens with zero attached hydrogens (tertiary/aromatic N) is 1. The molecule has 1 aliphatic rings. The molecule has 0 aromatic heterocycles. The molecule has 21 heavy (non-hydrogen) atoms. The number of benzene rings is 1. The van der Waals surface area contributed by atoms with Gasteiger partial charge in [-0.2, -0.15) is 0 Å². The summed E-state index contributed by atoms with van der Waals surface area (Å²) in [6.07, 6.45) is 3.67. The third-order valence-corrected chi connectivity index (χ3v) is 4.06. The lowest BCUT2D eigenvalue weighted by atomic mass is 10.0. The van der Waals surface area contributed by atoms with Crippen LogP contribution in [0.1, 0.15) is 38.7 Å². The van der Waals surface area contributed by atoms with E-state index in [2.05, 4.69) is 36.2 Å². The molecule has 0 saturated carbocycles. The fraction of sp³-hybridized carbons (Fsp3) is 0.611. The molecule has 1 atom stereocenters. The molecule has 1 aromatic rings. The van der Waals surface area contributed by atoms with Gasteiger partial charge < -0.3 is 10.2 Å². The molecular formula is C18H28N2O. The molecule has 1 aromatic carbocycles. The Hall–Kier alpha value is -1.35. The molecule has 1 aliphatic heterocycles. The highest BCUT2D eigenvalue weighted by molar-refractivity contribution is 5.76. The van der Waals surface area contributed by atoms with Gasteiger partial charge in [-0.3, -0.25) is 4.79 Å². The minimum atomic E-state index is 0.302. The summed E-state index contributed by atoms with van der Waals surface area (Å²) in [5.74, 6) is 0.971. The molecule has 1 fully saturated rings. The van der Waals surface area contributed by atoms with Crippen LogP contribution in [0.25, 0.3) is 0 Å². The Labute approximate surface area is 128 Å². The molecule has 0 radical (unpaired) electrons. The van der Waals surface area contributed by atoms with E-state index >= 15 is 0 Å². The molecule has 3 heteroatoms. The first-order valence-corrected chi connectivity index (χ1v) is 8.20. The predicted octanol–water partition coefficient (Wildman–Crippen LogP) is 2.86. The Morgan fingerprint density at radius 2 is 2.10 bits per heavy atom. The molecule has 1 N–H and O–H groups in total. The third-order valence-electron chi connectivity index (χ3n) is 4.06. The molecule has 1 saturated heterocycles. The van der Waals surface area contributed by atoms with E-state index < -0.39 is 0 Å². The number of aryl methyl sites for hydroxylation is 1. The van der Waals surface area contributed by atoms with Crippen molar-refractivity contribution in [2.45, 2.75) is 45.6 Å². The maximum atomic E-state index is 12.5. The van der Waals surface area contributed by atoms with Gasteiger partial charge in [-0.05, 0) is 37.3 Å². The summed E-state index contributed by atoms with van der Waals surface area (Å²) in [6.45, 7) is 7.28. The lowest BCUT2D eigenvalue weighted by molar-refractivity contribution is -0.131. The second kappa shape index (κ2) is 8.18. The van der Waals surface area contributed by atoms with Crippen LogP contribution in [0.2, 0.25) is 0 Å². The number of rotatable bonds is 5. The molecule has 2 rings (SSSR count). The number of carbonyl (C=O) groups is 1. The Morgan fingerprint density at radius 3 is 2.81 bits per heavy atom. The summed E-state index contributed by atoms with van der Waals surface area (Å²) in [7, 11) is 0. The predicted molar refractivity (Wildman–Crippen MR) is 87.2 cm³/mol. The smallest absolute Gasteiger partial charge is 0.222 e. The summed E-state index contributed by atoms with van der Waals surface area (Å²) in [5, 5.41) is 3.58. The van der Waals surface area contributed by atoms with Crippen molar-refractivity contribution < 1.29 is 4.79 Å². The topological polar surface area (TPSA) is 32.3 Å². The Morgan fingerprint density at radius 1 is 1.33 bits per heavy atom. The second-order valence-electron chi connectivity index (χ2n) is 6.46. The lowest BCUT2D eigenvalue weighted by Gasteiger charge is -2.25. The zero-order chi connectivity index (χ0) is 15.1. The zero-order valence-electron chi connectivity index (χ0n) is 13.3. The van der Waals surface area contributed by atoms with Gasteiger partial charge in [0.2, 0.25) is 5.91 Å². The molecule has 1 amide bonds. The average molecular weight is 288 g/mol. The summed E-state index contributed by atoms with van der Waals surface area (Å²) < 4.78 is 0. The normalized spacial score (nSPS) is 19.6. The van der Waals surface area contributed by atoms with Crippen molar-refractivity contribution in [3.63, 3.8) is 0 Å². The second-order valence-corrected chi connectivity index (χ2v) is 6.46. The van der Waals surface area contributed by atoms with Crippen LogP contribution in [0, 0.1) is 5.92 Å². The van der Waals surface area contributed by atoms with Crippen LogP contribution >= 0.6 is 0 Å². The number of amides is 1. The molecular weight excluding hydrogens is 260 g/mol. The Kier molecular flexibility index (Phi) is 6.24. The lowest BCUT2D eigenvalue weighted by Crippen LogP contribution is -2.41. The minimum absolute atomic E-state index is 0.302. The van der Waals surface area contributed by atoms with Crippen LogP contribution in [-0.2, 0) is 11.2 Å². The van der Waals surface area contributed by atoms with E-state index in [0.29, 0.717) is 24.3 Å². The number of nitrogens with one attached hydrogen (secondary N) is 1. The van der Waals surface area contributed by atoms with Gasteiger partial charge in [-0.25, -0.2) is 0 Å². The Bertz CT molecular complexity index is 430. The number of hydrogen-bond donors (Lipinski definition) is 1. The average Bonchev–Trinajstić information content (AvgIpc) is 2.71. The van der Waals surface area contributed by atoms with E-state index in [4.69, 9.17) is 0 Å². The molecule has 0 spiro atoms. The van der Waals surface area contributed by atoms with Gasteiger partial charge in [0, 0.05) is 25.6 Å². The minimum Gasteiger partial charge on any atom is -0.341 e. The van der Waals surface area contributed by atoms with Crippen molar-refractivity contribution in [1.29, 1.82) is 0 Å². The van der Waals surface area contributed by atoms with Crippen LogP contribution in [0.4, 0.5) is 0 Å². The third kappa shape index (κ3) is 5.50. The maximum Gasteiger partial charge on any atom is 0.222 e. The van der Waals surface area contributed by atoms with Gasteiger partial charge in [-0.15, -0.1) is 0 Å². The summed E-state index contributed by atoms with van der Waals surface area (Å²) in [6, 6.07) is 10.7. The van der Waals surface area contributed by atoms with Crippen molar-refractivity contribution in [2.75, 3.05) is 19.6 Å². The standard InChI is InChI=1S/C18H28N2O/c1-15(2)13-17-14-20(12-6-11-19-17)18(21)10-9-16-7-4-3-5-8-16/h3-5,7-8,15,17,19H,6,9-14H2,1-2H3. The van der Waals surface area contributed by atoms with E-state index in [1.807, 2.05) is 18.2 Å². The van der Waals surface area contributed by atoms with E-state index in [1.54, 1.807) is 0 Å². The van der Waals surface area contributed by atoms with Gasteiger partial charge in [0.15, 0.2) is 0 Å².